The molecule has 0 aliphatic heterocycles. The smallest absolute Gasteiger partial charge is 0.234 e. The second-order valence-corrected chi connectivity index (χ2v) is 8.84. The average molecular weight is 429 g/mol. The Morgan fingerprint density at radius 3 is 2.69 bits per heavy atom. The number of carbonyl (C=O) groups is 2. The molecule has 8 heteroatoms. The zero-order valence-electron chi connectivity index (χ0n) is 16.9. The van der Waals surface area contributed by atoms with Crippen molar-refractivity contribution in [2.24, 2.45) is 0 Å². The van der Waals surface area contributed by atoms with Crippen molar-refractivity contribution >= 4 is 40.5 Å². The number of thiophene rings is 1. The van der Waals surface area contributed by atoms with Gasteiger partial charge in [0.05, 0.1) is 5.75 Å². The summed E-state index contributed by atoms with van der Waals surface area (Å²) in [6.45, 7) is 7.80. The van der Waals surface area contributed by atoms with Gasteiger partial charge in [0, 0.05) is 33.1 Å². The molecule has 0 aliphatic rings. The van der Waals surface area contributed by atoms with Crippen molar-refractivity contribution in [1.29, 1.82) is 0 Å². The summed E-state index contributed by atoms with van der Waals surface area (Å²) in [5.74, 6) is 0.846. The SMILES string of the molecule is CCc1cc(-c2nnc(SCC(=O)Nc3cccc(C(C)=O)c3)n2C(C)C)cs1. The lowest BCUT2D eigenvalue weighted by atomic mass is 10.1. The molecule has 2 aromatic heterocycles. The van der Waals surface area contributed by atoms with E-state index in [0.717, 1.165) is 17.8 Å². The standard InChI is InChI=1S/C21H24N4O2S2/c1-5-18-10-16(11-28-18)20-23-24-21(25(20)13(2)3)29-12-19(27)22-17-8-6-7-15(9-17)14(4)26/h6-11,13H,5,12H2,1-4H3,(H,22,27). The summed E-state index contributed by atoms with van der Waals surface area (Å²) in [6, 6.07) is 9.26. The Bertz CT molecular complexity index is 1020. The number of benzene rings is 1. The molecule has 1 N–H and O–H groups in total. The van der Waals surface area contributed by atoms with Gasteiger partial charge in [-0.25, -0.2) is 0 Å². The van der Waals surface area contributed by atoms with Crippen molar-refractivity contribution in [3.63, 3.8) is 0 Å². The lowest BCUT2D eigenvalue weighted by molar-refractivity contribution is -0.113. The van der Waals surface area contributed by atoms with E-state index >= 15 is 0 Å². The number of hydrogen-bond acceptors (Lipinski definition) is 6. The Hall–Kier alpha value is -2.45. The number of hydrogen-bond donors (Lipinski definition) is 1. The van der Waals surface area contributed by atoms with E-state index in [1.54, 1.807) is 35.6 Å². The Balaban J connectivity index is 1.71. The third-order valence-corrected chi connectivity index (χ3v) is 6.35. The largest absolute Gasteiger partial charge is 0.325 e. The Labute approximate surface area is 178 Å². The van der Waals surface area contributed by atoms with E-state index in [-0.39, 0.29) is 23.5 Å². The van der Waals surface area contributed by atoms with E-state index in [1.807, 2.05) is 0 Å². The first-order valence-electron chi connectivity index (χ1n) is 9.45. The van der Waals surface area contributed by atoms with Crippen molar-refractivity contribution in [3.8, 4) is 11.4 Å². The number of ketones is 1. The summed E-state index contributed by atoms with van der Waals surface area (Å²) < 4.78 is 2.07. The molecule has 29 heavy (non-hydrogen) atoms. The van der Waals surface area contributed by atoms with Crippen molar-refractivity contribution in [3.05, 3.63) is 46.2 Å². The molecule has 0 fully saturated rings. The number of aryl methyl sites for hydroxylation is 1. The van der Waals surface area contributed by atoms with Gasteiger partial charge in [-0.2, -0.15) is 0 Å². The van der Waals surface area contributed by atoms with Gasteiger partial charge in [-0.1, -0.05) is 30.8 Å². The van der Waals surface area contributed by atoms with Gasteiger partial charge in [0.2, 0.25) is 5.91 Å². The molecule has 152 valence electrons. The monoisotopic (exact) mass is 428 g/mol. The van der Waals surface area contributed by atoms with Crippen LogP contribution in [0.25, 0.3) is 11.4 Å². The van der Waals surface area contributed by atoms with Crippen LogP contribution in [0.15, 0.2) is 40.9 Å². The zero-order chi connectivity index (χ0) is 21.0. The van der Waals surface area contributed by atoms with Crippen molar-refractivity contribution in [1.82, 2.24) is 14.8 Å². The van der Waals surface area contributed by atoms with Gasteiger partial charge in [0.15, 0.2) is 16.8 Å². The summed E-state index contributed by atoms with van der Waals surface area (Å²) in [4.78, 5) is 25.2. The van der Waals surface area contributed by atoms with E-state index in [4.69, 9.17) is 0 Å². The second-order valence-electron chi connectivity index (χ2n) is 6.90. The molecule has 0 saturated heterocycles. The first-order valence-corrected chi connectivity index (χ1v) is 11.3. The van der Waals surface area contributed by atoms with Gasteiger partial charge < -0.3 is 5.32 Å². The summed E-state index contributed by atoms with van der Waals surface area (Å²) in [5.41, 5.74) is 2.24. The molecule has 0 aliphatic carbocycles. The molecule has 0 unspecified atom stereocenters. The number of aromatic nitrogens is 3. The minimum Gasteiger partial charge on any atom is -0.325 e. The number of rotatable bonds is 8. The summed E-state index contributed by atoms with van der Waals surface area (Å²) in [5, 5.41) is 14.4. The number of nitrogens with zero attached hydrogens (tertiary/aromatic N) is 3. The van der Waals surface area contributed by atoms with Gasteiger partial charge in [0.25, 0.3) is 0 Å². The van der Waals surface area contributed by atoms with Crippen LogP contribution < -0.4 is 5.32 Å². The van der Waals surface area contributed by atoms with E-state index < -0.39 is 0 Å². The van der Waals surface area contributed by atoms with Gasteiger partial charge in [-0.05, 0) is 45.4 Å². The van der Waals surface area contributed by atoms with Gasteiger partial charge in [-0.15, -0.1) is 21.5 Å². The maximum Gasteiger partial charge on any atom is 0.234 e. The van der Waals surface area contributed by atoms with Crippen LogP contribution in [-0.4, -0.2) is 32.2 Å². The fraction of sp³-hybridized carbons (Fsp3) is 0.333. The van der Waals surface area contributed by atoms with Gasteiger partial charge in [-0.3, -0.25) is 14.2 Å². The van der Waals surface area contributed by atoms with Crippen LogP contribution >= 0.6 is 23.1 Å². The molecule has 3 rings (SSSR count). The number of nitrogens with one attached hydrogen (secondary N) is 1. The van der Waals surface area contributed by atoms with Crippen LogP contribution in [0.5, 0.6) is 0 Å². The minimum absolute atomic E-state index is 0.0345. The summed E-state index contributed by atoms with van der Waals surface area (Å²) in [6.07, 6.45) is 0.993. The number of amides is 1. The van der Waals surface area contributed by atoms with Crippen molar-refractivity contribution in [2.45, 2.75) is 45.3 Å². The second kappa shape index (κ2) is 9.37. The average Bonchev–Trinajstić information content (AvgIpc) is 3.33. The van der Waals surface area contributed by atoms with Crippen LogP contribution in [0.3, 0.4) is 0 Å². The molecule has 1 aromatic carbocycles. The maximum atomic E-state index is 12.4. The first kappa shape index (κ1) is 21.3. The normalized spacial score (nSPS) is 11.1. The molecular formula is C21H24N4O2S2. The predicted octanol–water partition coefficient (Wildman–Crippen LogP) is 5.08. The number of thioether (sulfide) groups is 1. The Kier molecular flexibility index (Phi) is 6.87. The fourth-order valence-electron chi connectivity index (χ4n) is 2.86. The van der Waals surface area contributed by atoms with Crippen molar-refractivity contribution in [2.75, 3.05) is 11.1 Å². The fourth-order valence-corrected chi connectivity index (χ4v) is 4.54. The highest BCUT2D eigenvalue weighted by molar-refractivity contribution is 7.99. The van der Waals surface area contributed by atoms with Crippen LogP contribution in [0.4, 0.5) is 5.69 Å². The third kappa shape index (κ3) is 5.13. The Morgan fingerprint density at radius 1 is 1.24 bits per heavy atom. The number of anilines is 1. The molecule has 0 radical (unpaired) electrons. The number of Topliss-reactive ketones (excluding diaryl/α,β-unsaturated/α-hetero) is 1. The van der Waals surface area contributed by atoms with E-state index in [1.165, 1.54) is 23.6 Å². The minimum atomic E-state index is -0.153. The zero-order valence-corrected chi connectivity index (χ0v) is 18.6. The van der Waals surface area contributed by atoms with Gasteiger partial charge in [0.1, 0.15) is 0 Å². The molecule has 0 spiro atoms. The lowest BCUT2D eigenvalue weighted by Crippen LogP contribution is -2.15. The topological polar surface area (TPSA) is 76.9 Å². The molecule has 0 atom stereocenters. The van der Waals surface area contributed by atoms with E-state index in [0.29, 0.717) is 16.4 Å². The molecule has 0 bridgehead atoms. The quantitative estimate of drug-likeness (QED) is 0.400. The molecular weight excluding hydrogens is 404 g/mol. The van der Waals surface area contributed by atoms with Crippen LogP contribution in [0.2, 0.25) is 0 Å². The first-order chi connectivity index (χ1) is 13.9. The van der Waals surface area contributed by atoms with Crippen LogP contribution in [0.1, 0.15) is 49.0 Å². The highest BCUT2D eigenvalue weighted by atomic mass is 32.2. The van der Waals surface area contributed by atoms with Crippen LogP contribution in [-0.2, 0) is 11.2 Å². The number of carbonyl (C=O) groups excluding carboxylic acids is 2. The molecule has 1 amide bonds. The van der Waals surface area contributed by atoms with E-state index in [2.05, 4.69) is 52.3 Å². The molecule has 6 nitrogen and oxygen atoms in total. The third-order valence-electron chi connectivity index (χ3n) is 4.33. The molecule has 0 saturated carbocycles. The highest BCUT2D eigenvalue weighted by Gasteiger charge is 2.19. The summed E-state index contributed by atoms with van der Waals surface area (Å²) >= 11 is 3.08. The Morgan fingerprint density at radius 2 is 2.03 bits per heavy atom. The molecule has 2 heterocycles. The van der Waals surface area contributed by atoms with E-state index in [9.17, 15) is 9.59 Å². The lowest BCUT2D eigenvalue weighted by Gasteiger charge is -2.13. The molecule has 3 aromatic rings. The highest BCUT2D eigenvalue weighted by Crippen LogP contribution is 2.30. The summed E-state index contributed by atoms with van der Waals surface area (Å²) in [7, 11) is 0. The predicted molar refractivity (Wildman–Crippen MR) is 119 cm³/mol. The maximum absolute atomic E-state index is 12.4. The van der Waals surface area contributed by atoms with Crippen molar-refractivity contribution < 1.29 is 9.59 Å². The van der Waals surface area contributed by atoms with Crippen LogP contribution in [0, 0.1) is 0 Å². The van der Waals surface area contributed by atoms with Gasteiger partial charge >= 0.3 is 0 Å².